The van der Waals surface area contributed by atoms with Crippen LogP contribution in [0.4, 0.5) is 5.13 Å². The number of hydrogen-bond donors (Lipinski definition) is 1. The first-order chi connectivity index (χ1) is 11.6. The van der Waals surface area contributed by atoms with E-state index in [0.717, 1.165) is 50.4 Å². The third-order valence-electron chi connectivity index (χ3n) is 5.08. The average Bonchev–Trinajstić information content (AvgIpc) is 3.15. The van der Waals surface area contributed by atoms with Gasteiger partial charge in [0, 0.05) is 57.1 Å². The Morgan fingerprint density at radius 2 is 2.08 bits per heavy atom. The number of carbonyl (C=O) groups is 2. The molecule has 1 aromatic rings. The third kappa shape index (κ3) is 4.26. The smallest absolute Gasteiger partial charge is 0.223 e. The highest BCUT2D eigenvalue weighted by atomic mass is 32.1. The molecule has 1 atom stereocenters. The van der Waals surface area contributed by atoms with E-state index in [2.05, 4.69) is 15.2 Å². The maximum absolute atomic E-state index is 12.4. The van der Waals surface area contributed by atoms with Crippen molar-refractivity contribution in [3.63, 3.8) is 0 Å². The van der Waals surface area contributed by atoms with E-state index in [4.69, 9.17) is 0 Å². The Balaban J connectivity index is 1.42. The Hall–Kier alpha value is -1.63. The molecule has 1 aromatic heterocycles. The van der Waals surface area contributed by atoms with Crippen molar-refractivity contribution in [3.05, 3.63) is 11.6 Å². The predicted molar refractivity (Wildman–Crippen MR) is 95.0 cm³/mol. The van der Waals surface area contributed by atoms with Gasteiger partial charge in [0.25, 0.3) is 0 Å². The molecule has 2 saturated heterocycles. The summed E-state index contributed by atoms with van der Waals surface area (Å²) < 4.78 is 0. The lowest BCUT2D eigenvalue weighted by Gasteiger charge is -2.33. The second-order valence-electron chi connectivity index (χ2n) is 6.79. The Kier molecular flexibility index (Phi) is 5.71. The minimum absolute atomic E-state index is 0.0549. The van der Waals surface area contributed by atoms with Crippen molar-refractivity contribution in [1.82, 2.24) is 15.2 Å². The molecule has 0 aliphatic carbocycles. The van der Waals surface area contributed by atoms with E-state index in [1.807, 2.05) is 16.5 Å². The van der Waals surface area contributed by atoms with Gasteiger partial charge >= 0.3 is 0 Å². The number of rotatable bonds is 4. The Morgan fingerprint density at radius 3 is 2.75 bits per heavy atom. The summed E-state index contributed by atoms with van der Waals surface area (Å²) >= 11 is 1.68. The van der Waals surface area contributed by atoms with Crippen LogP contribution in [-0.4, -0.2) is 54.4 Å². The molecule has 0 bridgehead atoms. The highest BCUT2D eigenvalue weighted by Gasteiger charge is 2.27. The Morgan fingerprint density at radius 1 is 1.29 bits per heavy atom. The van der Waals surface area contributed by atoms with Crippen LogP contribution in [0, 0.1) is 11.8 Å². The first kappa shape index (κ1) is 17.2. The van der Waals surface area contributed by atoms with Crippen LogP contribution in [0.2, 0.25) is 0 Å². The van der Waals surface area contributed by atoms with Crippen LogP contribution in [-0.2, 0) is 9.59 Å². The zero-order valence-electron chi connectivity index (χ0n) is 14.2. The zero-order chi connectivity index (χ0) is 16.9. The number of nitrogens with one attached hydrogen (secondary N) is 1. The van der Waals surface area contributed by atoms with Gasteiger partial charge < -0.3 is 15.1 Å². The number of hydrogen-bond acceptors (Lipinski definition) is 5. The second kappa shape index (κ2) is 7.96. The highest BCUT2D eigenvalue weighted by Crippen LogP contribution is 2.24. The Labute approximate surface area is 147 Å². The van der Waals surface area contributed by atoms with Crippen LogP contribution in [0.5, 0.6) is 0 Å². The standard InChI is InChI=1S/C17H26N4O2S/c1-13(22)20-8-4-15(5-9-20)16(23)19-11-14-3-2-7-21(12-14)17-18-6-10-24-17/h6,10,14-15H,2-5,7-9,11-12H2,1H3,(H,19,23). The summed E-state index contributed by atoms with van der Waals surface area (Å²) in [6.07, 6.45) is 5.71. The van der Waals surface area contributed by atoms with Crippen LogP contribution in [0.15, 0.2) is 11.6 Å². The molecular weight excluding hydrogens is 324 g/mol. The summed E-state index contributed by atoms with van der Waals surface area (Å²) in [5.74, 6) is 0.811. The number of piperidine rings is 2. The molecule has 6 nitrogen and oxygen atoms in total. The molecule has 2 fully saturated rings. The maximum atomic E-state index is 12.4. The average molecular weight is 350 g/mol. The third-order valence-corrected chi connectivity index (χ3v) is 5.92. The molecule has 1 N–H and O–H groups in total. The van der Waals surface area contributed by atoms with Crippen molar-refractivity contribution in [3.8, 4) is 0 Å². The monoisotopic (exact) mass is 350 g/mol. The molecule has 0 aromatic carbocycles. The summed E-state index contributed by atoms with van der Waals surface area (Å²) in [5.41, 5.74) is 0. The SMILES string of the molecule is CC(=O)N1CCC(C(=O)NCC2CCCN(c3nccs3)C2)CC1. The van der Waals surface area contributed by atoms with Gasteiger partial charge in [-0.2, -0.15) is 0 Å². The second-order valence-corrected chi connectivity index (χ2v) is 7.67. The lowest BCUT2D eigenvalue weighted by molar-refractivity contribution is -0.134. The summed E-state index contributed by atoms with van der Waals surface area (Å²) in [6, 6.07) is 0. The summed E-state index contributed by atoms with van der Waals surface area (Å²) in [6.45, 7) is 5.77. The fourth-order valence-corrected chi connectivity index (χ4v) is 4.30. The number of anilines is 1. The van der Waals surface area contributed by atoms with E-state index in [-0.39, 0.29) is 17.7 Å². The number of likely N-dealkylation sites (tertiary alicyclic amines) is 1. The number of nitrogens with zero attached hydrogens (tertiary/aromatic N) is 3. The van der Waals surface area contributed by atoms with Crippen molar-refractivity contribution in [2.75, 3.05) is 37.6 Å². The van der Waals surface area contributed by atoms with Gasteiger partial charge in [-0.15, -0.1) is 11.3 Å². The largest absolute Gasteiger partial charge is 0.356 e. The summed E-state index contributed by atoms with van der Waals surface area (Å²) in [4.78, 5) is 32.3. The zero-order valence-corrected chi connectivity index (χ0v) is 15.1. The predicted octanol–water partition coefficient (Wildman–Crippen LogP) is 1.73. The van der Waals surface area contributed by atoms with Gasteiger partial charge in [0.2, 0.25) is 11.8 Å². The molecule has 0 spiro atoms. The molecule has 1 unspecified atom stereocenters. The van der Waals surface area contributed by atoms with Crippen LogP contribution in [0.1, 0.15) is 32.6 Å². The van der Waals surface area contributed by atoms with E-state index in [0.29, 0.717) is 19.0 Å². The number of thiazole rings is 1. The summed E-state index contributed by atoms with van der Waals surface area (Å²) in [7, 11) is 0. The molecular formula is C17H26N4O2S. The number of amides is 2. The van der Waals surface area contributed by atoms with Gasteiger partial charge in [-0.05, 0) is 31.6 Å². The van der Waals surface area contributed by atoms with E-state index in [9.17, 15) is 9.59 Å². The van der Waals surface area contributed by atoms with Crippen LogP contribution < -0.4 is 10.2 Å². The molecule has 2 amide bonds. The van der Waals surface area contributed by atoms with Gasteiger partial charge in [-0.25, -0.2) is 4.98 Å². The highest BCUT2D eigenvalue weighted by molar-refractivity contribution is 7.13. The van der Waals surface area contributed by atoms with Crippen LogP contribution in [0.25, 0.3) is 0 Å². The molecule has 0 radical (unpaired) electrons. The maximum Gasteiger partial charge on any atom is 0.223 e. The van der Waals surface area contributed by atoms with E-state index in [1.54, 1.807) is 18.3 Å². The van der Waals surface area contributed by atoms with Gasteiger partial charge in [-0.1, -0.05) is 0 Å². The van der Waals surface area contributed by atoms with Gasteiger partial charge in [0.05, 0.1) is 0 Å². The van der Waals surface area contributed by atoms with E-state index in [1.165, 1.54) is 0 Å². The minimum atomic E-state index is 0.0549. The quantitative estimate of drug-likeness (QED) is 0.898. The van der Waals surface area contributed by atoms with Gasteiger partial charge in [0.15, 0.2) is 5.13 Å². The Bertz CT molecular complexity index is 555. The van der Waals surface area contributed by atoms with Crippen LogP contribution in [0.3, 0.4) is 0 Å². The van der Waals surface area contributed by atoms with Crippen molar-refractivity contribution in [2.45, 2.75) is 32.6 Å². The molecule has 132 valence electrons. The van der Waals surface area contributed by atoms with Crippen molar-refractivity contribution >= 4 is 28.3 Å². The lowest BCUT2D eigenvalue weighted by Crippen LogP contribution is -2.45. The molecule has 2 aliphatic heterocycles. The fraction of sp³-hybridized carbons (Fsp3) is 0.706. The van der Waals surface area contributed by atoms with E-state index >= 15 is 0 Å². The van der Waals surface area contributed by atoms with Crippen molar-refractivity contribution < 1.29 is 9.59 Å². The van der Waals surface area contributed by atoms with Crippen LogP contribution >= 0.6 is 11.3 Å². The summed E-state index contributed by atoms with van der Waals surface area (Å²) in [5, 5.41) is 6.24. The fourth-order valence-electron chi connectivity index (χ4n) is 3.62. The molecule has 0 saturated carbocycles. The topological polar surface area (TPSA) is 65.5 Å². The van der Waals surface area contributed by atoms with E-state index < -0.39 is 0 Å². The number of aromatic nitrogens is 1. The molecule has 7 heteroatoms. The number of carbonyl (C=O) groups excluding carboxylic acids is 2. The first-order valence-corrected chi connectivity index (χ1v) is 9.69. The first-order valence-electron chi connectivity index (χ1n) is 8.81. The van der Waals surface area contributed by atoms with Crippen molar-refractivity contribution in [2.24, 2.45) is 11.8 Å². The lowest BCUT2D eigenvalue weighted by atomic mass is 9.94. The van der Waals surface area contributed by atoms with Gasteiger partial charge in [-0.3, -0.25) is 9.59 Å². The van der Waals surface area contributed by atoms with Crippen molar-refractivity contribution in [1.29, 1.82) is 0 Å². The normalized spacial score (nSPS) is 22.5. The molecule has 2 aliphatic rings. The molecule has 3 heterocycles. The van der Waals surface area contributed by atoms with Gasteiger partial charge in [0.1, 0.15) is 0 Å². The molecule has 3 rings (SSSR count). The minimum Gasteiger partial charge on any atom is -0.356 e. The molecule has 24 heavy (non-hydrogen) atoms.